The Labute approximate surface area is 113 Å². The Bertz CT molecular complexity index is 774. The van der Waals surface area contributed by atoms with Crippen molar-refractivity contribution < 1.29 is 4.79 Å². The van der Waals surface area contributed by atoms with Crippen molar-refractivity contribution in [3.05, 3.63) is 24.3 Å². The Morgan fingerprint density at radius 3 is 2.95 bits per heavy atom. The van der Waals surface area contributed by atoms with Crippen molar-refractivity contribution >= 4 is 23.0 Å². The molecule has 1 amide bonds. The molecule has 3 heterocycles. The van der Waals surface area contributed by atoms with Crippen molar-refractivity contribution in [2.45, 2.75) is 0 Å². The molecule has 0 atom stereocenters. The van der Waals surface area contributed by atoms with Gasteiger partial charge in [0.1, 0.15) is 5.52 Å². The average Bonchev–Trinajstić information content (AvgIpc) is 3.13. The molecule has 3 N–H and O–H groups in total. The molecule has 3 aromatic heterocycles. The number of amides is 1. The van der Waals surface area contributed by atoms with E-state index in [4.69, 9.17) is 0 Å². The van der Waals surface area contributed by atoms with Gasteiger partial charge in [-0.1, -0.05) is 0 Å². The molecule has 0 bridgehead atoms. The minimum Gasteiger partial charge on any atom is -0.357 e. The van der Waals surface area contributed by atoms with Gasteiger partial charge < -0.3 is 15.6 Å². The second-order valence-electron chi connectivity index (χ2n) is 3.95. The highest BCUT2D eigenvalue weighted by Crippen LogP contribution is 2.17. The zero-order chi connectivity index (χ0) is 14.1. The van der Waals surface area contributed by atoms with Crippen LogP contribution in [0.3, 0.4) is 0 Å². The topological polar surface area (TPSA) is 113 Å². The second-order valence-corrected chi connectivity index (χ2v) is 3.95. The Morgan fingerprint density at radius 2 is 2.20 bits per heavy atom. The summed E-state index contributed by atoms with van der Waals surface area (Å²) in [4.78, 5) is 27.2. The lowest BCUT2D eigenvalue weighted by atomic mass is 10.4. The molecule has 0 spiro atoms. The summed E-state index contributed by atoms with van der Waals surface area (Å²) in [7, 11) is 3.27. The lowest BCUT2D eigenvalue weighted by molar-refractivity contribution is 0.0957. The van der Waals surface area contributed by atoms with E-state index in [-0.39, 0.29) is 5.91 Å². The number of rotatable bonds is 3. The maximum absolute atomic E-state index is 11.5. The van der Waals surface area contributed by atoms with Crippen molar-refractivity contribution in [3.63, 3.8) is 0 Å². The zero-order valence-corrected chi connectivity index (χ0v) is 10.9. The number of hydrogen-bond acceptors (Lipinski definition) is 6. The van der Waals surface area contributed by atoms with Crippen LogP contribution in [0.4, 0.5) is 5.95 Å². The van der Waals surface area contributed by atoms with Crippen LogP contribution >= 0.6 is 0 Å². The maximum atomic E-state index is 11.5. The molecule has 9 heteroatoms. The summed E-state index contributed by atoms with van der Waals surface area (Å²) in [5, 5.41) is 9.58. The highest BCUT2D eigenvalue weighted by Gasteiger charge is 2.14. The lowest BCUT2D eigenvalue weighted by Gasteiger charge is -2.04. The Kier molecular flexibility index (Phi) is 2.78. The van der Waals surface area contributed by atoms with Gasteiger partial charge in [0.15, 0.2) is 17.2 Å². The van der Waals surface area contributed by atoms with E-state index in [1.807, 2.05) is 0 Å². The first kappa shape index (κ1) is 12.1. The van der Waals surface area contributed by atoms with Crippen LogP contribution in [0.25, 0.3) is 17.0 Å². The van der Waals surface area contributed by atoms with E-state index < -0.39 is 0 Å². The van der Waals surface area contributed by atoms with Crippen molar-refractivity contribution in [1.82, 2.24) is 35.0 Å². The van der Waals surface area contributed by atoms with E-state index in [2.05, 4.69) is 35.7 Å². The molecule has 9 nitrogen and oxygen atoms in total. The molecular formula is C11H12N8O. The van der Waals surface area contributed by atoms with Gasteiger partial charge in [0.25, 0.3) is 5.91 Å². The van der Waals surface area contributed by atoms with Crippen LogP contribution in [-0.2, 0) is 0 Å². The molecule has 0 saturated carbocycles. The number of aromatic amines is 1. The van der Waals surface area contributed by atoms with Crippen LogP contribution in [-0.4, -0.2) is 49.7 Å². The summed E-state index contributed by atoms with van der Waals surface area (Å²) < 4.78 is 1.51. The number of carbonyl (C=O) groups is 1. The van der Waals surface area contributed by atoms with Crippen molar-refractivity contribution in [1.29, 1.82) is 0 Å². The number of carbonyl (C=O) groups excluding carboxylic acids is 1. The quantitative estimate of drug-likeness (QED) is 0.615. The fourth-order valence-electron chi connectivity index (χ4n) is 1.79. The Morgan fingerprint density at radius 1 is 1.35 bits per heavy atom. The molecule has 0 aliphatic heterocycles. The van der Waals surface area contributed by atoms with Crippen molar-refractivity contribution in [3.8, 4) is 5.82 Å². The van der Waals surface area contributed by atoms with Gasteiger partial charge in [-0.15, -0.1) is 0 Å². The third kappa shape index (κ3) is 1.85. The van der Waals surface area contributed by atoms with Crippen LogP contribution in [0.15, 0.2) is 18.6 Å². The van der Waals surface area contributed by atoms with Gasteiger partial charge in [-0.25, -0.2) is 9.67 Å². The number of anilines is 1. The first-order chi connectivity index (χ1) is 9.72. The number of fused-ring (bicyclic) bond motifs is 1. The smallest absolute Gasteiger partial charge is 0.271 e. The van der Waals surface area contributed by atoms with Gasteiger partial charge >= 0.3 is 0 Å². The monoisotopic (exact) mass is 272 g/mol. The summed E-state index contributed by atoms with van der Waals surface area (Å²) in [5.41, 5.74) is 1.48. The van der Waals surface area contributed by atoms with Crippen LogP contribution in [0, 0.1) is 0 Å². The van der Waals surface area contributed by atoms with Crippen LogP contribution in [0.5, 0.6) is 0 Å². The molecule has 0 radical (unpaired) electrons. The fourth-order valence-corrected chi connectivity index (χ4v) is 1.79. The fraction of sp³-hybridized carbons (Fsp3) is 0.182. The number of nitrogens with one attached hydrogen (secondary N) is 3. The number of nitrogens with zero attached hydrogens (tertiary/aromatic N) is 5. The molecule has 0 fully saturated rings. The molecule has 102 valence electrons. The highest BCUT2D eigenvalue weighted by atomic mass is 16.1. The average molecular weight is 272 g/mol. The summed E-state index contributed by atoms with van der Waals surface area (Å²) in [6.07, 6.45) is 3.19. The predicted molar refractivity (Wildman–Crippen MR) is 71.7 cm³/mol. The molecule has 0 aromatic carbocycles. The molecular weight excluding hydrogens is 260 g/mol. The lowest BCUT2D eigenvalue weighted by Crippen LogP contribution is -2.18. The third-order valence-corrected chi connectivity index (χ3v) is 2.76. The molecule has 3 rings (SSSR count). The number of H-pyrrole nitrogens is 1. The summed E-state index contributed by atoms with van der Waals surface area (Å²) in [6, 6.07) is 1.61. The number of imidazole rings is 1. The SMILES string of the molecule is CNC(=O)c1ccn(-c2nc(NC)nc3nc[nH]c23)n1. The van der Waals surface area contributed by atoms with Crippen molar-refractivity contribution in [2.24, 2.45) is 0 Å². The summed E-state index contributed by atoms with van der Waals surface area (Å²) in [5.74, 6) is 0.691. The maximum Gasteiger partial charge on any atom is 0.271 e. The van der Waals surface area contributed by atoms with E-state index in [0.29, 0.717) is 28.6 Å². The second kappa shape index (κ2) is 4.61. The molecule has 3 aromatic rings. The molecule has 0 aliphatic carbocycles. The van der Waals surface area contributed by atoms with Crippen LogP contribution < -0.4 is 10.6 Å². The van der Waals surface area contributed by atoms with Gasteiger partial charge in [0.05, 0.1) is 6.33 Å². The van der Waals surface area contributed by atoms with Gasteiger partial charge in [0, 0.05) is 20.3 Å². The molecule has 0 aliphatic rings. The largest absolute Gasteiger partial charge is 0.357 e. The standard InChI is InChI=1S/C11H12N8O/c1-12-10(20)6-3-4-19(18-6)9-7-8(15-5-14-7)16-11(13-2)17-9/h3-5H,1-2H3,(H,12,20)(H2,13,14,15,16,17). The van der Waals surface area contributed by atoms with Gasteiger partial charge in [-0.05, 0) is 6.07 Å². The van der Waals surface area contributed by atoms with Gasteiger partial charge in [-0.2, -0.15) is 15.1 Å². The van der Waals surface area contributed by atoms with Crippen LogP contribution in [0.2, 0.25) is 0 Å². The Balaban J connectivity index is 2.15. The summed E-state index contributed by atoms with van der Waals surface area (Å²) in [6.45, 7) is 0. The van der Waals surface area contributed by atoms with Crippen molar-refractivity contribution in [2.75, 3.05) is 19.4 Å². The minimum absolute atomic E-state index is 0.257. The highest BCUT2D eigenvalue weighted by molar-refractivity contribution is 5.92. The third-order valence-electron chi connectivity index (χ3n) is 2.76. The zero-order valence-electron chi connectivity index (χ0n) is 10.9. The summed E-state index contributed by atoms with van der Waals surface area (Å²) >= 11 is 0. The van der Waals surface area contributed by atoms with E-state index in [0.717, 1.165) is 0 Å². The first-order valence-electron chi connectivity index (χ1n) is 5.90. The normalized spacial score (nSPS) is 10.7. The first-order valence-corrected chi connectivity index (χ1v) is 5.90. The molecule has 20 heavy (non-hydrogen) atoms. The Hall–Kier alpha value is -2.97. The molecule has 0 unspecified atom stereocenters. The van der Waals surface area contributed by atoms with E-state index >= 15 is 0 Å². The number of hydrogen-bond donors (Lipinski definition) is 3. The minimum atomic E-state index is -0.257. The van der Waals surface area contributed by atoms with E-state index in [9.17, 15) is 4.79 Å². The van der Waals surface area contributed by atoms with Gasteiger partial charge in [0.2, 0.25) is 5.95 Å². The number of aromatic nitrogens is 6. The van der Waals surface area contributed by atoms with E-state index in [1.54, 1.807) is 26.4 Å². The predicted octanol–water partition coefficient (Wildman–Crippen LogP) is -0.0601. The molecule has 0 saturated heterocycles. The van der Waals surface area contributed by atoms with Gasteiger partial charge in [-0.3, -0.25) is 4.79 Å². The van der Waals surface area contributed by atoms with E-state index in [1.165, 1.54) is 11.0 Å². The van der Waals surface area contributed by atoms with Crippen LogP contribution in [0.1, 0.15) is 10.5 Å².